The molecule has 1 heterocycles. The van der Waals surface area contributed by atoms with Crippen molar-refractivity contribution in [1.29, 1.82) is 0 Å². The van der Waals surface area contributed by atoms with Crippen molar-refractivity contribution < 1.29 is 9.18 Å². The summed E-state index contributed by atoms with van der Waals surface area (Å²) in [6.45, 7) is 1.96. The number of nitrogens with one attached hydrogen (secondary N) is 1. The molecule has 0 bridgehead atoms. The molecule has 3 rings (SSSR count). The van der Waals surface area contributed by atoms with Crippen molar-refractivity contribution in [2.24, 2.45) is 0 Å². The van der Waals surface area contributed by atoms with Crippen LogP contribution >= 0.6 is 11.6 Å². The van der Waals surface area contributed by atoms with Crippen LogP contribution in [0.1, 0.15) is 11.3 Å². The van der Waals surface area contributed by atoms with Gasteiger partial charge in [0.15, 0.2) is 0 Å². The van der Waals surface area contributed by atoms with Gasteiger partial charge in [-0.05, 0) is 55.3 Å². The molecule has 0 saturated carbocycles. The molecule has 0 saturated heterocycles. The Morgan fingerprint density at radius 1 is 1.14 bits per heavy atom. The maximum absolute atomic E-state index is 13.2. The van der Waals surface area contributed by atoms with Crippen molar-refractivity contribution in [1.82, 2.24) is 14.9 Å². The Morgan fingerprint density at radius 3 is 2.50 bits per heavy atom. The monoisotopic (exact) mass is 399 g/mol. The number of rotatable bonds is 6. The second-order valence-corrected chi connectivity index (χ2v) is 6.82. The van der Waals surface area contributed by atoms with Crippen LogP contribution in [0, 0.1) is 12.7 Å². The van der Waals surface area contributed by atoms with E-state index in [0.29, 0.717) is 35.1 Å². The van der Waals surface area contributed by atoms with Crippen LogP contribution in [-0.2, 0) is 17.8 Å². The van der Waals surface area contributed by atoms with Crippen LogP contribution in [0.25, 0.3) is 11.4 Å². The van der Waals surface area contributed by atoms with Crippen LogP contribution in [0.3, 0.4) is 0 Å². The summed E-state index contributed by atoms with van der Waals surface area (Å²) >= 11 is 5.86. The van der Waals surface area contributed by atoms with Gasteiger partial charge in [0, 0.05) is 28.9 Å². The predicted octanol–water partition coefficient (Wildman–Crippen LogP) is 3.37. The van der Waals surface area contributed by atoms with Gasteiger partial charge in [-0.25, -0.2) is 9.37 Å². The van der Waals surface area contributed by atoms with Gasteiger partial charge in [0.05, 0.1) is 0 Å². The van der Waals surface area contributed by atoms with E-state index >= 15 is 0 Å². The number of aromatic nitrogens is 2. The number of nitrogens with zero attached hydrogens (tertiary/aromatic N) is 2. The number of halogens is 2. The third-order valence-corrected chi connectivity index (χ3v) is 4.44. The van der Waals surface area contributed by atoms with Crippen LogP contribution in [0.15, 0.2) is 59.4 Å². The van der Waals surface area contributed by atoms with Crippen molar-refractivity contribution >= 4 is 17.5 Å². The highest BCUT2D eigenvalue weighted by Crippen LogP contribution is 2.16. The first-order valence-corrected chi connectivity index (χ1v) is 9.16. The standard InChI is InChI=1S/C21H19ClFN3O2/c1-14-12-20(28)26(21(25-14)16-4-8-18(23)9-5-16)13-19(27)24-11-10-15-2-6-17(22)7-3-15/h2-9,12H,10-11,13H2,1H3,(H,24,27). The quantitative estimate of drug-likeness (QED) is 0.691. The third kappa shape index (κ3) is 5.04. The van der Waals surface area contributed by atoms with E-state index in [9.17, 15) is 14.0 Å². The topological polar surface area (TPSA) is 64.0 Å². The average Bonchev–Trinajstić information content (AvgIpc) is 2.66. The first kappa shape index (κ1) is 19.8. The lowest BCUT2D eigenvalue weighted by Crippen LogP contribution is -2.34. The number of carbonyl (C=O) groups is 1. The van der Waals surface area contributed by atoms with Crippen LogP contribution in [0.5, 0.6) is 0 Å². The molecule has 0 unspecified atom stereocenters. The summed E-state index contributed by atoms with van der Waals surface area (Å²) in [6.07, 6.45) is 0.648. The van der Waals surface area contributed by atoms with Gasteiger partial charge >= 0.3 is 0 Å². The SMILES string of the molecule is Cc1cc(=O)n(CC(=O)NCCc2ccc(Cl)cc2)c(-c2ccc(F)cc2)n1. The minimum Gasteiger partial charge on any atom is -0.354 e. The van der Waals surface area contributed by atoms with Gasteiger partial charge in [-0.3, -0.25) is 14.2 Å². The zero-order valence-electron chi connectivity index (χ0n) is 15.3. The second kappa shape index (κ2) is 8.80. The molecule has 0 radical (unpaired) electrons. The predicted molar refractivity (Wildman–Crippen MR) is 107 cm³/mol. The molecule has 0 aliphatic rings. The second-order valence-electron chi connectivity index (χ2n) is 6.38. The first-order chi connectivity index (χ1) is 13.4. The molecule has 3 aromatic rings. The lowest BCUT2D eigenvalue weighted by atomic mass is 10.1. The van der Waals surface area contributed by atoms with E-state index in [1.54, 1.807) is 19.1 Å². The molecule has 0 aliphatic heterocycles. The molecule has 1 amide bonds. The molecule has 1 N–H and O–H groups in total. The molecule has 0 atom stereocenters. The van der Waals surface area contributed by atoms with Gasteiger partial charge in [0.25, 0.3) is 5.56 Å². The molecule has 28 heavy (non-hydrogen) atoms. The number of hydrogen-bond donors (Lipinski definition) is 1. The molecule has 0 spiro atoms. The molecular formula is C21H19ClFN3O2. The van der Waals surface area contributed by atoms with E-state index in [-0.39, 0.29) is 23.8 Å². The van der Waals surface area contributed by atoms with Crippen molar-refractivity contribution in [2.45, 2.75) is 19.9 Å². The zero-order chi connectivity index (χ0) is 20.1. The summed E-state index contributed by atoms with van der Waals surface area (Å²) in [7, 11) is 0. The summed E-state index contributed by atoms with van der Waals surface area (Å²) in [5.74, 6) is -0.354. The summed E-state index contributed by atoms with van der Waals surface area (Å²) in [4.78, 5) is 29.1. The highest BCUT2D eigenvalue weighted by atomic mass is 35.5. The molecule has 0 aliphatic carbocycles. The molecule has 5 nitrogen and oxygen atoms in total. The Kier molecular flexibility index (Phi) is 6.21. The first-order valence-electron chi connectivity index (χ1n) is 8.78. The highest BCUT2D eigenvalue weighted by Gasteiger charge is 2.13. The number of amides is 1. The van der Waals surface area contributed by atoms with Crippen LogP contribution in [0.4, 0.5) is 4.39 Å². The van der Waals surface area contributed by atoms with Gasteiger partial charge in [0.1, 0.15) is 18.2 Å². The molecule has 144 valence electrons. The summed E-state index contributed by atoms with van der Waals surface area (Å²) < 4.78 is 14.5. The normalized spacial score (nSPS) is 10.7. The van der Waals surface area contributed by atoms with Crippen molar-refractivity contribution in [3.63, 3.8) is 0 Å². The summed E-state index contributed by atoms with van der Waals surface area (Å²) in [5.41, 5.74) is 1.81. The fraction of sp³-hybridized carbons (Fsp3) is 0.190. The van der Waals surface area contributed by atoms with Gasteiger partial charge < -0.3 is 5.32 Å². The Bertz CT molecular complexity index is 1030. The van der Waals surface area contributed by atoms with E-state index in [1.807, 2.05) is 12.1 Å². The van der Waals surface area contributed by atoms with Crippen molar-refractivity contribution in [3.8, 4) is 11.4 Å². The van der Waals surface area contributed by atoms with E-state index in [2.05, 4.69) is 10.3 Å². The minimum atomic E-state index is -0.384. The number of carbonyl (C=O) groups excluding carboxylic acids is 1. The Balaban J connectivity index is 1.72. The van der Waals surface area contributed by atoms with Gasteiger partial charge in [0.2, 0.25) is 5.91 Å². The molecule has 2 aromatic carbocycles. The number of aryl methyl sites for hydroxylation is 1. The van der Waals surface area contributed by atoms with Crippen molar-refractivity contribution in [3.05, 3.63) is 87.0 Å². The van der Waals surface area contributed by atoms with E-state index < -0.39 is 0 Å². The van der Waals surface area contributed by atoms with Crippen LogP contribution in [0.2, 0.25) is 5.02 Å². The highest BCUT2D eigenvalue weighted by molar-refractivity contribution is 6.30. The number of hydrogen-bond acceptors (Lipinski definition) is 3. The lowest BCUT2D eigenvalue weighted by Gasteiger charge is -2.13. The Morgan fingerprint density at radius 2 is 1.82 bits per heavy atom. The summed E-state index contributed by atoms with van der Waals surface area (Å²) in [5, 5.41) is 3.46. The maximum atomic E-state index is 13.2. The maximum Gasteiger partial charge on any atom is 0.254 e. The smallest absolute Gasteiger partial charge is 0.254 e. The van der Waals surface area contributed by atoms with Crippen LogP contribution < -0.4 is 10.9 Å². The third-order valence-electron chi connectivity index (χ3n) is 4.19. The summed E-state index contributed by atoms with van der Waals surface area (Å²) in [6, 6.07) is 14.4. The van der Waals surface area contributed by atoms with E-state index in [1.165, 1.54) is 34.9 Å². The average molecular weight is 400 g/mol. The van der Waals surface area contributed by atoms with Crippen LogP contribution in [-0.4, -0.2) is 22.0 Å². The zero-order valence-corrected chi connectivity index (χ0v) is 16.0. The van der Waals surface area contributed by atoms with Gasteiger partial charge in [-0.1, -0.05) is 23.7 Å². The largest absolute Gasteiger partial charge is 0.354 e. The molecule has 7 heteroatoms. The lowest BCUT2D eigenvalue weighted by molar-refractivity contribution is -0.121. The van der Waals surface area contributed by atoms with Gasteiger partial charge in [-0.2, -0.15) is 0 Å². The van der Waals surface area contributed by atoms with E-state index in [4.69, 9.17) is 11.6 Å². The molecule has 1 aromatic heterocycles. The van der Waals surface area contributed by atoms with Gasteiger partial charge in [-0.15, -0.1) is 0 Å². The molecule has 0 fully saturated rings. The molecular weight excluding hydrogens is 381 g/mol. The number of benzene rings is 2. The van der Waals surface area contributed by atoms with E-state index in [0.717, 1.165) is 5.56 Å². The fourth-order valence-corrected chi connectivity index (χ4v) is 2.92. The fourth-order valence-electron chi connectivity index (χ4n) is 2.79. The Labute approximate surface area is 166 Å². The Hall–Kier alpha value is -2.99. The minimum absolute atomic E-state index is 0.167. The van der Waals surface area contributed by atoms with Crippen molar-refractivity contribution in [2.75, 3.05) is 6.54 Å².